The van der Waals surface area contributed by atoms with Crippen molar-refractivity contribution in [2.75, 3.05) is 45.2 Å². The summed E-state index contributed by atoms with van der Waals surface area (Å²) in [6.45, 7) is 3.72. The molecule has 5 nitrogen and oxygen atoms in total. The summed E-state index contributed by atoms with van der Waals surface area (Å²) in [7, 11) is 3.69. The molecule has 0 aromatic heterocycles. The molecule has 0 saturated carbocycles. The second kappa shape index (κ2) is 6.63. The van der Waals surface area contributed by atoms with Gasteiger partial charge in [-0.15, -0.1) is 12.4 Å². The van der Waals surface area contributed by atoms with Crippen LogP contribution in [0.3, 0.4) is 0 Å². The van der Waals surface area contributed by atoms with Crippen molar-refractivity contribution in [2.24, 2.45) is 0 Å². The van der Waals surface area contributed by atoms with Crippen LogP contribution in [-0.4, -0.2) is 56.3 Å². The Morgan fingerprint density at radius 2 is 1.89 bits per heavy atom. The normalized spacial score (nSPS) is 15.8. The van der Waals surface area contributed by atoms with Crippen LogP contribution in [0.2, 0.25) is 0 Å². The van der Waals surface area contributed by atoms with E-state index in [0.29, 0.717) is 5.56 Å². The van der Waals surface area contributed by atoms with Gasteiger partial charge in [-0.3, -0.25) is 0 Å². The molecule has 1 aliphatic heterocycles. The number of benzene rings is 1. The minimum Gasteiger partial charge on any atom is -0.495 e. The molecule has 1 N–H and O–H groups in total. The molecule has 6 heteroatoms. The lowest BCUT2D eigenvalue weighted by Gasteiger charge is -2.34. The van der Waals surface area contributed by atoms with Crippen LogP contribution in [0.5, 0.6) is 5.75 Å². The van der Waals surface area contributed by atoms with Crippen LogP contribution in [0.15, 0.2) is 18.2 Å². The number of carboxylic acid groups (broad SMARTS) is 1. The van der Waals surface area contributed by atoms with E-state index >= 15 is 0 Å². The third-order valence-electron chi connectivity index (χ3n) is 3.27. The first-order valence-electron chi connectivity index (χ1n) is 5.96. The summed E-state index contributed by atoms with van der Waals surface area (Å²) in [6, 6.07) is 4.98. The SMILES string of the molecule is COc1ccc(C(=O)O)cc1N1CCN(C)CC1.Cl. The van der Waals surface area contributed by atoms with Gasteiger partial charge < -0.3 is 19.6 Å². The van der Waals surface area contributed by atoms with Crippen LogP contribution in [0.1, 0.15) is 10.4 Å². The Labute approximate surface area is 119 Å². The monoisotopic (exact) mass is 286 g/mol. The number of hydrogen-bond acceptors (Lipinski definition) is 4. The average molecular weight is 287 g/mol. The van der Waals surface area contributed by atoms with Crippen molar-refractivity contribution in [3.63, 3.8) is 0 Å². The number of anilines is 1. The number of likely N-dealkylation sites (N-methyl/N-ethyl adjacent to an activating group) is 1. The lowest BCUT2D eigenvalue weighted by molar-refractivity contribution is 0.0697. The molecule has 0 amide bonds. The van der Waals surface area contributed by atoms with Gasteiger partial charge in [-0.05, 0) is 25.2 Å². The topological polar surface area (TPSA) is 53.0 Å². The molecule has 0 radical (unpaired) electrons. The molecule has 1 aromatic rings. The maximum absolute atomic E-state index is 11.0. The number of carboxylic acids is 1. The summed E-state index contributed by atoms with van der Waals surface area (Å²) < 4.78 is 5.31. The summed E-state index contributed by atoms with van der Waals surface area (Å²) in [5.74, 6) is -0.183. The minimum absolute atomic E-state index is 0. The van der Waals surface area contributed by atoms with Gasteiger partial charge in [-0.1, -0.05) is 0 Å². The Morgan fingerprint density at radius 1 is 1.26 bits per heavy atom. The fraction of sp³-hybridized carbons (Fsp3) is 0.462. The molecule has 1 fully saturated rings. The van der Waals surface area contributed by atoms with Crippen molar-refractivity contribution in [3.8, 4) is 5.75 Å². The van der Waals surface area contributed by atoms with E-state index in [9.17, 15) is 4.79 Å². The molecule has 1 saturated heterocycles. The second-order valence-corrected chi connectivity index (χ2v) is 4.48. The predicted octanol–water partition coefficient (Wildman–Crippen LogP) is 1.57. The summed E-state index contributed by atoms with van der Waals surface area (Å²) in [6.07, 6.45) is 0. The second-order valence-electron chi connectivity index (χ2n) is 4.48. The zero-order chi connectivity index (χ0) is 13.1. The number of piperazine rings is 1. The molecule has 0 spiro atoms. The van der Waals surface area contributed by atoms with Gasteiger partial charge >= 0.3 is 5.97 Å². The molecule has 0 bridgehead atoms. The van der Waals surface area contributed by atoms with Crippen LogP contribution in [0, 0.1) is 0 Å². The first-order valence-corrected chi connectivity index (χ1v) is 5.96. The molecular weight excluding hydrogens is 268 g/mol. The quantitative estimate of drug-likeness (QED) is 0.914. The third-order valence-corrected chi connectivity index (χ3v) is 3.27. The fourth-order valence-electron chi connectivity index (χ4n) is 2.12. The standard InChI is InChI=1S/C13H18N2O3.ClH/c1-14-5-7-15(8-6-14)11-9-10(13(16)17)3-4-12(11)18-2;/h3-4,9H,5-8H2,1-2H3,(H,16,17);1H. The van der Waals surface area contributed by atoms with Crippen molar-refractivity contribution >= 4 is 24.1 Å². The van der Waals surface area contributed by atoms with Crippen molar-refractivity contribution in [3.05, 3.63) is 23.8 Å². The van der Waals surface area contributed by atoms with Crippen LogP contribution in [0.4, 0.5) is 5.69 Å². The molecule has 1 heterocycles. The van der Waals surface area contributed by atoms with Crippen LogP contribution in [-0.2, 0) is 0 Å². The van der Waals surface area contributed by atoms with Gasteiger partial charge in [0.2, 0.25) is 0 Å². The van der Waals surface area contributed by atoms with Crippen molar-refractivity contribution < 1.29 is 14.6 Å². The summed E-state index contributed by atoms with van der Waals surface area (Å²) in [5, 5.41) is 9.05. The zero-order valence-electron chi connectivity index (χ0n) is 11.1. The van der Waals surface area contributed by atoms with E-state index in [-0.39, 0.29) is 12.4 Å². The molecule has 0 aliphatic carbocycles. The number of nitrogens with zero attached hydrogens (tertiary/aromatic N) is 2. The number of aromatic carboxylic acids is 1. The van der Waals surface area contributed by atoms with Crippen molar-refractivity contribution in [2.45, 2.75) is 0 Å². The highest BCUT2D eigenvalue weighted by Crippen LogP contribution is 2.30. The fourth-order valence-corrected chi connectivity index (χ4v) is 2.12. The van der Waals surface area contributed by atoms with Crippen LogP contribution in [0.25, 0.3) is 0 Å². The molecule has 106 valence electrons. The van der Waals surface area contributed by atoms with E-state index in [1.54, 1.807) is 25.3 Å². The van der Waals surface area contributed by atoms with E-state index in [2.05, 4.69) is 16.8 Å². The summed E-state index contributed by atoms with van der Waals surface area (Å²) in [5.41, 5.74) is 1.16. The van der Waals surface area contributed by atoms with Crippen LogP contribution < -0.4 is 9.64 Å². The smallest absolute Gasteiger partial charge is 0.335 e. The number of methoxy groups -OCH3 is 1. The highest BCUT2D eigenvalue weighted by molar-refractivity contribution is 5.89. The molecule has 0 unspecified atom stereocenters. The molecule has 1 aliphatic rings. The molecule has 0 atom stereocenters. The molecule has 19 heavy (non-hydrogen) atoms. The van der Waals surface area contributed by atoms with E-state index in [0.717, 1.165) is 37.6 Å². The van der Waals surface area contributed by atoms with E-state index in [1.165, 1.54) is 0 Å². The minimum atomic E-state index is -0.909. The first-order chi connectivity index (χ1) is 8.61. The maximum atomic E-state index is 11.0. The zero-order valence-corrected chi connectivity index (χ0v) is 11.9. The van der Waals surface area contributed by atoms with Crippen LogP contribution >= 0.6 is 12.4 Å². The van der Waals surface area contributed by atoms with Gasteiger partial charge in [0.15, 0.2) is 0 Å². The number of ether oxygens (including phenoxy) is 1. The number of rotatable bonds is 3. The number of halogens is 1. The van der Waals surface area contributed by atoms with E-state index < -0.39 is 5.97 Å². The van der Waals surface area contributed by atoms with Crippen molar-refractivity contribution in [1.29, 1.82) is 0 Å². The maximum Gasteiger partial charge on any atom is 0.335 e. The molecular formula is C13H19ClN2O3. The van der Waals surface area contributed by atoms with E-state index in [4.69, 9.17) is 9.84 Å². The van der Waals surface area contributed by atoms with Gasteiger partial charge in [0.05, 0.1) is 18.4 Å². The van der Waals surface area contributed by atoms with Gasteiger partial charge in [0, 0.05) is 26.2 Å². The highest BCUT2D eigenvalue weighted by Gasteiger charge is 2.19. The third kappa shape index (κ3) is 3.52. The average Bonchev–Trinajstić information content (AvgIpc) is 2.39. The lowest BCUT2D eigenvalue weighted by atomic mass is 10.1. The first kappa shape index (κ1) is 15.6. The molecule has 2 rings (SSSR count). The van der Waals surface area contributed by atoms with Gasteiger partial charge in [0.1, 0.15) is 5.75 Å². The Morgan fingerprint density at radius 3 is 2.42 bits per heavy atom. The number of carbonyl (C=O) groups is 1. The Hall–Kier alpha value is -1.46. The summed E-state index contributed by atoms with van der Waals surface area (Å²) >= 11 is 0. The number of hydrogen-bond donors (Lipinski definition) is 1. The Balaban J connectivity index is 0.00000180. The van der Waals surface area contributed by atoms with E-state index in [1.807, 2.05) is 0 Å². The predicted molar refractivity (Wildman–Crippen MR) is 76.9 cm³/mol. The van der Waals surface area contributed by atoms with Gasteiger partial charge in [-0.25, -0.2) is 4.79 Å². The van der Waals surface area contributed by atoms with Gasteiger partial charge in [-0.2, -0.15) is 0 Å². The lowest BCUT2D eigenvalue weighted by Crippen LogP contribution is -2.44. The van der Waals surface area contributed by atoms with Gasteiger partial charge in [0.25, 0.3) is 0 Å². The van der Waals surface area contributed by atoms with Crippen molar-refractivity contribution in [1.82, 2.24) is 4.90 Å². The molecule has 1 aromatic carbocycles. The Bertz CT molecular complexity index is 446. The summed E-state index contributed by atoms with van der Waals surface area (Å²) in [4.78, 5) is 15.4. The Kier molecular flexibility index (Phi) is 5.44. The highest BCUT2D eigenvalue weighted by atomic mass is 35.5. The largest absolute Gasteiger partial charge is 0.495 e.